The van der Waals surface area contributed by atoms with Crippen LogP contribution in [0.25, 0.3) is 32.9 Å². The number of nitrogens with zero attached hydrogens (tertiary/aromatic N) is 2. The number of hydrogen-bond acceptors (Lipinski definition) is 4. The summed E-state index contributed by atoms with van der Waals surface area (Å²) >= 11 is 6.17. The Bertz CT molecular complexity index is 1510. The maximum absolute atomic E-state index is 12.5. The highest BCUT2D eigenvalue weighted by Crippen LogP contribution is 2.32. The number of halogens is 4. The molecule has 32 heavy (non-hydrogen) atoms. The molecule has 0 unspecified atom stereocenters. The number of hydrogen-bond donors (Lipinski definition) is 1. The molecule has 1 aromatic heterocycles. The van der Waals surface area contributed by atoms with Crippen LogP contribution in [-0.4, -0.2) is 25.3 Å². The Morgan fingerprint density at radius 2 is 1.81 bits per heavy atom. The zero-order valence-electron chi connectivity index (χ0n) is 16.1. The van der Waals surface area contributed by atoms with Crippen molar-refractivity contribution in [3.63, 3.8) is 0 Å². The van der Waals surface area contributed by atoms with E-state index < -0.39 is 22.0 Å². The van der Waals surface area contributed by atoms with Gasteiger partial charge in [-0.3, -0.25) is 4.72 Å². The standard InChI is InChI=1S/C22H13ClF3N3O2S/c23-19-9-13(4-5-16(19)11-27)18-3-1-2-15-8-14-6-7-17(10-20(14)28-21(15)18)29-32(30,31)12-22(24,25)26/h1-10,29H,12H2. The number of nitrogens with one attached hydrogen (secondary N) is 1. The molecule has 0 atom stereocenters. The number of benzene rings is 3. The average molecular weight is 476 g/mol. The molecule has 10 heteroatoms. The lowest BCUT2D eigenvalue weighted by molar-refractivity contribution is -0.106. The van der Waals surface area contributed by atoms with Crippen molar-refractivity contribution >= 4 is 49.1 Å². The van der Waals surface area contributed by atoms with Crippen molar-refractivity contribution in [1.29, 1.82) is 5.26 Å². The molecular weight excluding hydrogens is 463 g/mol. The van der Waals surface area contributed by atoms with Crippen LogP contribution in [0.4, 0.5) is 18.9 Å². The summed E-state index contributed by atoms with van der Waals surface area (Å²) in [5.74, 6) is -1.98. The minimum Gasteiger partial charge on any atom is -0.283 e. The molecule has 0 saturated carbocycles. The highest BCUT2D eigenvalue weighted by Gasteiger charge is 2.35. The summed E-state index contributed by atoms with van der Waals surface area (Å²) in [7, 11) is -4.61. The Morgan fingerprint density at radius 3 is 2.50 bits per heavy atom. The van der Waals surface area contributed by atoms with Crippen LogP contribution in [0.5, 0.6) is 0 Å². The predicted molar refractivity (Wildman–Crippen MR) is 118 cm³/mol. The van der Waals surface area contributed by atoms with Gasteiger partial charge in [0.1, 0.15) is 6.07 Å². The SMILES string of the molecule is N#Cc1ccc(-c2cccc3cc4ccc(NS(=O)(=O)CC(F)(F)F)cc4nc23)cc1Cl. The fourth-order valence-corrected chi connectivity index (χ4v) is 4.57. The van der Waals surface area contributed by atoms with E-state index >= 15 is 0 Å². The molecule has 0 fully saturated rings. The van der Waals surface area contributed by atoms with Gasteiger partial charge in [0.2, 0.25) is 10.0 Å². The maximum atomic E-state index is 12.5. The zero-order valence-corrected chi connectivity index (χ0v) is 17.7. The molecule has 0 amide bonds. The quantitative estimate of drug-likeness (QED) is 0.373. The van der Waals surface area contributed by atoms with Crippen molar-refractivity contribution in [2.24, 2.45) is 0 Å². The van der Waals surface area contributed by atoms with Gasteiger partial charge in [-0.25, -0.2) is 13.4 Å². The van der Waals surface area contributed by atoms with Gasteiger partial charge in [0.15, 0.2) is 5.75 Å². The first kappa shape index (κ1) is 21.9. The number of pyridine rings is 1. The first-order valence-corrected chi connectivity index (χ1v) is 11.2. The third-order valence-electron chi connectivity index (χ3n) is 4.67. The molecule has 0 aliphatic heterocycles. The second-order valence-electron chi connectivity index (χ2n) is 7.06. The summed E-state index contributed by atoms with van der Waals surface area (Å²) in [5, 5.41) is 10.9. The van der Waals surface area contributed by atoms with Crippen LogP contribution >= 0.6 is 11.6 Å². The van der Waals surface area contributed by atoms with Crippen molar-refractivity contribution in [3.05, 3.63) is 71.2 Å². The normalized spacial score (nSPS) is 12.1. The molecule has 4 aromatic rings. The van der Waals surface area contributed by atoms with Gasteiger partial charge in [-0.15, -0.1) is 0 Å². The topological polar surface area (TPSA) is 82.9 Å². The lowest BCUT2D eigenvalue weighted by atomic mass is 10.00. The summed E-state index contributed by atoms with van der Waals surface area (Å²) in [6, 6.07) is 18.7. The molecule has 0 saturated heterocycles. The average Bonchev–Trinajstić information content (AvgIpc) is 2.69. The Balaban J connectivity index is 1.81. The Labute approximate surface area is 186 Å². The first-order chi connectivity index (χ1) is 15.0. The van der Waals surface area contributed by atoms with E-state index in [1.165, 1.54) is 12.1 Å². The highest BCUT2D eigenvalue weighted by atomic mass is 35.5. The van der Waals surface area contributed by atoms with Gasteiger partial charge in [-0.05, 0) is 35.9 Å². The fraction of sp³-hybridized carbons (Fsp3) is 0.0909. The van der Waals surface area contributed by atoms with E-state index in [2.05, 4.69) is 4.98 Å². The molecule has 162 valence electrons. The minimum absolute atomic E-state index is 0.0208. The van der Waals surface area contributed by atoms with Crippen LogP contribution in [0.15, 0.2) is 60.7 Å². The fourth-order valence-electron chi connectivity index (χ4n) is 3.35. The van der Waals surface area contributed by atoms with Gasteiger partial charge in [0.05, 0.1) is 27.3 Å². The van der Waals surface area contributed by atoms with Gasteiger partial charge < -0.3 is 0 Å². The maximum Gasteiger partial charge on any atom is 0.404 e. The molecule has 0 aliphatic carbocycles. The van der Waals surface area contributed by atoms with E-state index in [9.17, 15) is 21.6 Å². The van der Waals surface area contributed by atoms with Crippen LogP contribution in [0.1, 0.15) is 5.56 Å². The summed E-state index contributed by atoms with van der Waals surface area (Å²) in [6.07, 6.45) is -4.85. The lowest BCUT2D eigenvalue weighted by Crippen LogP contribution is -2.27. The second kappa shape index (κ2) is 7.97. The largest absolute Gasteiger partial charge is 0.404 e. The lowest BCUT2D eigenvalue weighted by Gasteiger charge is -2.12. The van der Waals surface area contributed by atoms with Crippen LogP contribution < -0.4 is 4.72 Å². The van der Waals surface area contributed by atoms with Gasteiger partial charge in [-0.2, -0.15) is 18.4 Å². The van der Waals surface area contributed by atoms with Gasteiger partial charge in [-0.1, -0.05) is 41.9 Å². The highest BCUT2D eigenvalue weighted by molar-refractivity contribution is 7.92. The number of nitriles is 1. The molecule has 0 bridgehead atoms. The zero-order chi connectivity index (χ0) is 23.1. The minimum atomic E-state index is -4.85. The summed E-state index contributed by atoms with van der Waals surface area (Å²) in [5.41, 5.74) is 2.78. The smallest absolute Gasteiger partial charge is 0.283 e. The Kier molecular flexibility index (Phi) is 5.44. The van der Waals surface area contributed by atoms with Crippen LogP contribution in [0.2, 0.25) is 5.02 Å². The van der Waals surface area contributed by atoms with Crippen molar-refractivity contribution in [1.82, 2.24) is 4.98 Å². The summed E-state index contributed by atoms with van der Waals surface area (Å²) in [6.45, 7) is 0. The van der Waals surface area contributed by atoms with Crippen molar-refractivity contribution in [2.45, 2.75) is 6.18 Å². The van der Waals surface area contributed by atoms with Crippen LogP contribution in [0, 0.1) is 11.3 Å². The molecular formula is C22H13ClF3N3O2S. The molecule has 1 heterocycles. The molecule has 3 aromatic carbocycles. The monoisotopic (exact) mass is 475 g/mol. The van der Waals surface area contributed by atoms with E-state index in [0.717, 1.165) is 16.5 Å². The number of anilines is 1. The second-order valence-corrected chi connectivity index (χ2v) is 9.19. The number of fused-ring (bicyclic) bond motifs is 2. The van der Waals surface area contributed by atoms with E-state index in [4.69, 9.17) is 16.9 Å². The van der Waals surface area contributed by atoms with Gasteiger partial charge in [0, 0.05) is 16.3 Å². The summed E-state index contributed by atoms with van der Waals surface area (Å²) < 4.78 is 63.1. The van der Waals surface area contributed by atoms with Gasteiger partial charge in [0.25, 0.3) is 0 Å². The predicted octanol–water partition coefficient (Wildman–Crippen LogP) is 5.88. The van der Waals surface area contributed by atoms with Crippen molar-refractivity contribution in [2.75, 3.05) is 10.5 Å². The number of alkyl halides is 3. The Morgan fingerprint density at radius 1 is 1.03 bits per heavy atom. The van der Waals surface area contributed by atoms with E-state index in [1.54, 1.807) is 24.3 Å². The number of rotatable bonds is 4. The molecule has 0 radical (unpaired) electrons. The van der Waals surface area contributed by atoms with Crippen LogP contribution in [0.3, 0.4) is 0 Å². The molecule has 0 spiro atoms. The van der Waals surface area contributed by atoms with Crippen molar-refractivity contribution in [3.8, 4) is 17.2 Å². The third kappa shape index (κ3) is 4.61. The number of para-hydroxylation sites is 1. The van der Waals surface area contributed by atoms with E-state index in [1.807, 2.05) is 35.1 Å². The van der Waals surface area contributed by atoms with E-state index in [0.29, 0.717) is 27.0 Å². The molecule has 4 rings (SSSR count). The van der Waals surface area contributed by atoms with Gasteiger partial charge >= 0.3 is 6.18 Å². The number of aromatic nitrogens is 1. The van der Waals surface area contributed by atoms with Crippen LogP contribution in [-0.2, 0) is 10.0 Å². The molecule has 5 nitrogen and oxygen atoms in total. The summed E-state index contributed by atoms with van der Waals surface area (Å²) in [4.78, 5) is 4.63. The molecule has 0 aliphatic rings. The third-order valence-corrected chi connectivity index (χ3v) is 6.24. The van der Waals surface area contributed by atoms with E-state index in [-0.39, 0.29) is 5.69 Å². The first-order valence-electron chi connectivity index (χ1n) is 9.15. The Hall–Kier alpha value is -3.35. The van der Waals surface area contributed by atoms with Crippen molar-refractivity contribution < 1.29 is 21.6 Å². The molecule has 1 N–H and O–H groups in total. The number of sulfonamides is 1.